The van der Waals surface area contributed by atoms with Crippen molar-refractivity contribution in [3.8, 4) is 10.6 Å². The van der Waals surface area contributed by atoms with Gasteiger partial charge in [-0.15, -0.1) is 11.3 Å². The van der Waals surface area contributed by atoms with Gasteiger partial charge in [-0.1, -0.05) is 17.7 Å². The number of rotatable bonds is 4. The van der Waals surface area contributed by atoms with Gasteiger partial charge in [0.25, 0.3) is 5.91 Å². The number of nitrogens with one attached hydrogen (secondary N) is 2. The molecule has 3 heterocycles. The van der Waals surface area contributed by atoms with Gasteiger partial charge in [-0.2, -0.15) is 5.10 Å². The number of likely N-dealkylation sites (tertiary alicyclic amines) is 1. The number of aromatic nitrogens is 2. The second-order valence-electron chi connectivity index (χ2n) is 7.52. The Labute approximate surface area is 173 Å². The number of carbonyl (C=O) groups excluding carboxylic acids is 2. The largest absolute Gasteiger partial charge is 0.338 e. The summed E-state index contributed by atoms with van der Waals surface area (Å²) in [5.74, 6) is 0.171. The molecule has 0 saturated carbocycles. The summed E-state index contributed by atoms with van der Waals surface area (Å²) in [6.45, 7) is 5.16. The molecule has 1 aliphatic heterocycles. The van der Waals surface area contributed by atoms with Crippen LogP contribution in [0.5, 0.6) is 0 Å². The van der Waals surface area contributed by atoms with Crippen LogP contribution in [0.4, 0.5) is 5.82 Å². The Bertz CT molecular complexity index is 1020. The first-order chi connectivity index (χ1) is 14.0. The van der Waals surface area contributed by atoms with Crippen LogP contribution in [-0.2, 0) is 4.79 Å². The molecule has 3 aromatic rings. The predicted octanol–water partition coefficient (Wildman–Crippen LogP) is 4.25. The number of amides is 2. The molecule has 6 nitrogen and oxygen atoms in total. The summed E-state index contributed by atoms with van der Waals surface area (Å²) in [6.07, 6.45) is 1.58. The minimum absolute atomic E-state index is 0.0161. The molecule has 2 aromatic heterocycles. The van der Waals surface area contributed by atoms with Crippen LogP contribution in [0.15, 0.2) is 42.5 Å². The van der Waals surface area contributed by atoms with E-state index >= 15 is 0 Å². The lowest BCUT2D eigenvalue weighted by Gasteiger charge is -2.32. The van der Waals surface area contributed by atoms with Gasteiger partial charge in [-0.3, -0.25) is 14.7 Å². The fraction of sp³-hybridized carbons (Fsp3) is 0.318. The Morgan fingerprint density at radius 1 is 1.17 bits per heavy atom. The molecule has 2 N–H and O–H groups in total. The maximum Gasteiger partial charge on any atom is 0.253 e. The number of hydrogen-bond donors (Lipinski definition) is 2. The van der Waals surface area contributed by atoms with E-state index in [1.165, 1.54) is 4.88 Å². The molecule has 150 valence electrons. The van der Waals surface area contributed by atoms with Crippen molar-refractivity contribution in [2.24, 2.45) is 5.92 Å². The molecule has 29 heavy (non-hydrogen) atoms. The lowest BCUT2D eigenvalue weighted by atomic mass is 9.96. The van der Waals surface area contributed by atoms with Crippen molar-refractivity contribution in [1.29, 1.82) is 0 Å². The third-order valence-corrected chi connectivity index (χ3v) is 6.25. The molecule has 0 radical (unpaired) electrons. The van der Waals surface area contributed by atoms with Crippen molar-refractivity contribution in [1.82, 2.24) is 15.1 Å². The number of nitrogens with zero attached hydrogens (tertiary/aromatic N) is 2. The Balaban J connectivity index is 1.39. The number of benzene rings is 1. The maximum absolute atomic E-state index is 12.8. The van der Waals surface area contributed by atoms with Gasteiger partial charge in [-0.25, -0.2) is 0 Å². The van der Waals surface area contributed by atoms with E-state index in [9.17, 15) is 9.59 Å². The molecule has 0 aliphatic carbocycles. The van der Waals surface area contributed by atoms with E-state index < -0.39 is 0 Å². The SMILES string of the molecule is Cc1ccc(C(=O)N2CCCC(C(=O)Nc3cc(-c4ccc(C)s4)[nH]n3)C2)cc1. The highest BCUT2D eigenvalue weighted by Crippen LogP contribution is 2.28. The molecular weight excluding hydrogens is 384 g/mol. The Morgan fingerprint density at radius 3 is 2.69 bits per heavy atom. The topological polar surface area (TPSA) is 78.1 Å². The lowest BCUT2D eigenvalue weighted by Crippen LogP contribution is -2.43. The van der Waals surface area contributed by atoms with Crippen molar-refractivity contribution in [3.05, 3.63) is 58.5 Å². The zero-order chi connectivity index (χ0) is 20.4. The Kier molecular flexibility index (Phi) is 5.49. The van der Waals surface area contributed by atoms with E-state index in [-0.39, 0.29) is 17.7 Å². The summed E-state index contributed by atoms with van der Waals surface area (Å²) < 4.78 is 0. The second kappa shape index (κ2) is 8.21. The molecule has 7 heteroatoms. The molecule has 1 aliphatic rings. The molecule has 1 atom stereocenters. The number of anilines is 1. The van der Waals surface area contributed by atoms with E-state index in [1.54, 1.807) is 16.2 Å². The highest BCUT2D eigenvalue weighted by Gasteiger charge is 2.29. The molecule has 1 aromatic carbocycles. The van der Waals surface area contributed by atoms with Gasteiger partial charge in [0, 0.05) is 29.6 Å². The number of aromatic amines is 1. The summed E-state index contributed by atoms with van der Waals surface area (Å²) in [6, 6.07) is 13.5. The molecule has 0 spiro atoms. The van der Waals surface area contributed by atoms with E-state index in [1.807, 2.05) is 43.3 Å². The van der Waals surface area contributed by atoms with Gasteiger partial charge in [0.2, 0.25) is 5.91 Å². The monoisotopic (exact) mass is 408 g/mol. The third-order valence-electron chi connectivity index (χ3n) is 5.21. The minimum Gasteiger partial charge on any atom is -0.338 e. The Hall–Kier alpha value is -2.93. The number of thiophene rings is 1. The molecule has 4 rings (SSSR count). The minimum atomic E-state index is -0.234. The fourth-order valence-corrected chi connectivity index (χ4v) is 4.41. The van der Waals surface area contributed by atoms with Crippen LogP contribution >= 0.6 is 11.3 Å². The smallest absolute Gasteiger partial charge is 0.253 e. The molecular formula is C22H24N4O2S. The average Bonchev–Trinajstić information content (AvgIpc) is 3.37. The van der Waals surface area contributed by atoms with Crippen molar-refractivity contribution in [3.63, 3.8) is 0 Å². The van der Waals surface area contributed by atoms with Crippen LogP contribution in [0.2, 0.25) is 0 Å². The van der Waals surface area contributed by atoms with E-state index in [0.717, 1.165) is 29.0 Å². The third kappa shape index (κ3) is 4.40. The van der Waals surface area contributed by atoms with Crippen LogP contribution < -0.4 is 5.32 Å². The van der Waals surface area contributed by atoms with Crippen LogP contribution in [0.3, 0.4) is 0 Å². The number of hydrogen-bond acceptors (Lipinski definition) is 4. The van der Waals surface area contributed by atoms with Gasteiger partial charge in [0.15, 0.2) is 5.82 Å². The zero-order valence-corrected chi connectivity index (χ0v) is 17.4. The number of piperidine rings is 1. The summed E-state index contributed by atoms with van der Waals surface area (Å²) in [7, 11) is 0. The molecule has 1 unspecified atom stereocenters. The van der Waals surface area contributed by atoms with Gasteiger partial charge >= 0.3 is 0 Å². The van der Waals surface area contributed by atoms with Gasteiger partial charge in [0.1, 0.15) is 0 Å². The summed E-state index contributed by atoms with van der Waals surface area (Å²) >= 11 is 1.68. The molecule has 1 fully saturated rings. The summed E-state index contributed by atoms with van der Waals surface area (Å²) in [5.41, 5.74) is 2.67. The van der Waals surface area contributed by atoms with E-state index in [2.05, 4.69) is 28.5 Å². The van der Waals surface area contributed by atoms with Crippen LogP contribution in [-0.4, -0.2) is 40.0 Å². The number of H-pyrrole nitrogens is 1. The summed E-state index contributed by atoms with van der Waals surface area (Å²) in [4.78, 5) is 29.6. The van der Waals surface area contributed by atoms with Gasteiger partial charge in [0.05, 0.1) is 16.5 Å². The molecule has 0 bridgehead atoms. The summed E-state index contributed by atoms with van der Waals surface area (Å²) in [5, 5.41) is 10.1. The van der Waals surface area contributed by atoms with Gasteiger partial charge < -0.3 is 10.2 Å². The Morgan fingerprint density at radius 2 is 1.97 bits per heavy atom. The average molecular weight is 409 g/mol. The van der Waals surface area contributed by atoms with Crippen LogP contribution in [0, 0.1) is 19.8 Å². The zero-order valence-electron chi connectivity index (χ0n) is 16.6. The first kappa shape index (κ1) is 19.4. The quantitative estimate of drug-likeness (QED) is 0.678. The maximum atomic E-state index is 12.8. The van der Waals surface area contributed by atoms with E-state index in [0.29, 0.717) is 24.5 Å². The van der Waals surface area contributed by atoms with Crippen molar-refractivity contribution < 1.29 is 9.59 Å². The van der Waals surface area contributed by atoms with Crippen molar-refractivity contribution >= 4 is 29.0 Å². The van der Waals surface area contributed by atoms with Crippen LogP contribution in [0.1, 0.15) is 33.6 Å². The fourth-order valence-electron chi connectivity index (χ4n) is 3.57. The lowest BCUT2D eigenvalue weighted by molar-refractivity contribution is -0.121. The van der Waals surface area contributed by atoms with Gasteiger partial charge in [-0.05, 0) is 51.0 Å². The first-order valence-electron chi connectivity index (χ1n) is 9.78. The normalized spacial score (nSPS) is 16.6. The predicted molar refractivity (Wildman–Crippen MR) is 115 cm³/mol. The van der Waals surface area contributed by atoms with E-state index in [4.69, 9.17) is 0 Å². The second-order valence-corrected chi connectivity index (χ2v) is 8.81. The van der Waals surface area contributed by atoms with Crippen LogP contribution in [0.25, 0.3) is 10.6 Å². The highest BCUT2D eigenvalue weighted by molar-refractivity contribution is 7.15. The van der Waals surface area contributed by atoms with Crippen molar-refractivity contribution in [2.45, 2.75) is 26.7 Å². The number of aryl methyl sites for hydroxylation is 2. The first-order valence-corrected chi connectivity index (χ1v) is 10.6. The molecule has 1 saturated heterocycles. The highest BCUT2D eigenvalue weighted by atomic mass is 32.1. The standard InChI is InChI=1S/C22H24N4O2S/c1-14-5-8-16(9-6-14)22(28)26-11-3-4-17(13-26)21(27)23-20-12-18(24-25-20)19-10-7-15(2)29-19/h5-10,12,17H,3-4,11,13H2,1-2H3,(H2,23,24,25,27). The number of carbonyl (C=O) groups is 2. The van der Waals surface area contributed by atoms with Crippen molar-refractivity contribution in [2.75, 3.05) is 18.4 Å². The molecule has 2 amide bonds.